The van der Waals surface area contributed by atoms with Crippen molar-refractivity contribution in [2.75, 3.05) is 115 Å². The number of rotatable bonds is 11. The van der Waals surface area contributed by atoms with Crippen LogP contribution >= 0.6 is 23.2 Å². The van der Waals surface area contributed by atoms with Crippen LogP contribution in [0.5, 0.6) is 0 Å². The van der Waals surface area contributed by atoms with Crippen LogP contribution < -0.4 is 33.6 Å². The number of halogens is 2. The molecular weight excluding hydrogens is 1540 g/mol. The molecule has 608 valence electrons. The molecule has 6 aliphatic heterocycles. The van der Waals surface area contributed by atoms with E-state index >= 15 is 0 Å². The third-order valence-corrected chi connectivity index (χ3v) is 23.5. The number of hydrogen-bond donors (Lipinski definition) is 6. The number of amidine groups is 4. The molecule has 1 atom stereocenters. The van der Waals surface area contributed by atoms with E-state index in [0.717, 1.165) is 193 Å². The molecule has 10 N–H and O–H groups in total. The first-order chi connectivity index (χ1) is 58.9. The molecule has 12 aromatic rings. The van der Waals surface area contributed by atoms with Crippen molar-refractivity contribution in [3.63, 3.8) is 0 Å². The fourth-order valence-electron chi connectivity index (χ4n) is 16.0. The van der Waals surface area contributed by atoms with Gasteiger partial charge in [-0.05, 0) is 183 Å². The molecule has 1 saturated carbocycles. The number of aliphatic imine (C=N–C) groups is 4. The summed E-state index contributed by atoms with van der Waals surface area (Å²) >= 11 is 12.4. The Bertz CT molecular complexity index is 6030. The molecular formula is C101H100Cl2N18. The molecule has 7 aliphatic rings. The molecule has 10 heterocycles. The minimum Gasteiger partial charge on any atom is -0.383 e. The maximum absolute atomic E-state index is 6.19. The summed E-state index contributed by atoms with van der Waals surface area (Å²) in [5.41, 5.74) is 38.1. The maximum Gasteiger partial charge on any atom is 0.139 e. The molecule has 0 amide bonds. The Morgan fingerprint density at radius 1 is 0.388 bits per heavy atom. The van der Waals surface area contributed by atoms with Crippen molar-refractivity contribution in [1.29, 1.82) is 0 Å². The van der Waals surface area contributed by atoms with Crippen LogP contribution in [0.25, 0.3) is 43.1 Å². The van der Waals surface area contributed by atoms with Crippen molar-refractivity contribution < 1.29 is 0 Å². The van der Waals surface area contributed by atoms with Crippen LogP contribution in [-0.4, -0.2) is 166 Å². The lowest BCUT2D eigenvalue weighted by atomic mass is 10.0. The fraction of sp³-hybridized carbons (Fsp3) is 0.287. The summed E-state index contributed by atoms with van der Waals surface area (Å²) in [7, 11) is 0. The Balaban J connectivity index is 0.000000120. The lowest BCUT2D eigenvalue weighted by molar-refractivity contribution is 0.213. The van der Waals surface area contributed by atoms with E-state index in [-0.39, 0.29) is 5.54 Å². The molecule has 0 spiro atoms. The first-order valence-corrected chi connectivity index (χ1v) is 42.8. The quantitative estimate of drug-likeness (QED) is 0.0660. The second kappa shape index (κ2) is 37.7. The Hall–Kier alpha value is -12.8. The highest BCUT2D eigenvalue weighted by molar-refractivity contribution is 6.32. The normalized spacial score (nSPS) is 16.6. The van der Waals surface area contributed by atoms with Gasteiger partial charge in [0.1, 0.15) is 46.6 Å². The van der Waals surface area contributed by atoms with Gasteiger partial charge in [-0.3, -0.25) is 20.0 Å². The van der Waals surface area contributed by atoms with Gasteiger partial charge in [-0.25, -0.2) is 19.9 Å². The first-order valence-electron chi connectivity index (χ1n) is 42.1. The van der Waals surface area contributed by atoms with E-state index in [1.165, 1.54) is 88.7 Å². The molecule has 1 unspecified atom stereocenters. The van der Waals surface area contributed by atoms with Gasteiger partial charge < -0.3 is 53.2 Å². The van der Waals surface area contributed by atoms with Gasteiger partial charge >= 0.3 is 0 Å². The molecule has 2 saturated heterocycles. The van der Waals surface area contributed by atoms with Gasteiger partial charge in [0.2, 0.25) is 0 Å². The lowest BCUT2D eigenvalue weighted by Gasteiger charge is -2.29. The highest BCUT2D eigenvalue weighted by Gasteiger charge is 2.34. The summed E-state index contributed by atoms with van der Waals surface area (Å²) in [5.74, 6) is 32.5. The van der Waals surface area contributed by atoms with Gasteiger partial charge in [-0.15, -0.1) is 0 Å². The zero-order chi connectivity index (χ0) is 83.4. The van der Waals surface area contributed by atoms with E-state index in [4.69, 9.17) is 56.1 Å². The number of nitrogens with one attached hydrogen (secondary N) is 2. The van der Waals surface area contributed by atoms with Gasteiger partial charge in [-0.2, -0.15) is 0 Å². The van der Waals surface area contributed by atoms with Gasteiger partial charge in [0, 0.05) is 168 Å². The molecule has 0 radical (unpaired) electrons. The number of anilines is 4. The Morgan fingerprint density at radius 3 is 1.11 bits per heavy atom. The van der Waals surface area contributed by atoms with Crippen molar-refractivity contribution >= 4 is 113 Å². The average molecular weight is 1640 g/mol. The first kappa shape index (κ1) is 81.9. The second-order valence-electron chi connectivity index (χ2n) is 32.7. The summed E-state index contributed by atoms with van der Waals surface area (Å²) in [6.07, 6.45) is 17.8. The van der Waals surface area contributed by atoms with Crippen molar-refractivity contribution in [3.05, 3.63) is 283 Å². The number of nitrogen functional groups attached to an aromatic ring is 4. The molecule has 19 rings (SSSR count). The highest BCUT2D eigenvalue weighted by atomic mass is 35.5. The van der Waals surface area contributed by atoms with Crippen LogP contribution in [-0.2, 0) is 0 Å². The molecule has 20 heteroatoms. The van der Waals surface area contributed by atoms with Crippen LogP contribution in [0, 0.1) is 67.1 Å². The molecule has 18 nitrogen and oxygen atoms in total. The van der Waals surface area contributed by atoms with Crippen LogP contribution in [0.1, 0.15) is 143 Å². The van der Waals surface area contributed by atoms with Gasteiger partial charge in [0.15, 0.2) is 0 Å². The van der Waals surface area contributed by atoms with Crippen molar-refractivity contribution in [2.24, 2.45) is 25.9 Å². The van der Waals surface area contributed by atoms with Crippen LogP contribution in [0.15, 0.2) is 215 Å². The van der Waals surface area contributed by atoms with Gasteiger partial charge in [0.05, 0.1) is 54.0 Å². The Labute approximate surface area is 719 Å². The fourth-order valence-corrected chi connectivity index (χ4v) is 16.4. The largest absolute Gasteiger partial charge is 0.383 e. The molecule has 8 aromatic carbocycles. The van der Waals surface area contributed by atoms with Crippen LogP contribution in [0.2, 0.25) is 10.0 Å². The van der Waals surface area contributed by atoms with Crippen molar-refractivity contribution in [1.82, 2.24) is 50.2 Å². The predicted molar refractivity (Wildman–Crippen MR) is 500 cm³/mol. The number of benzene rings is 8. The number of nitrogens with two attached hydrogens (primary N) is 4. The van der Waals surface area contributed by atoms with E-state index in [9.17, 15) is 0 Å². The summed E-state index contributed by atoms with van der Waals surface area (Å²) in [6, 6.07) is 57.3. The topological polar surface area (TPSA) is 242 Å². The highest BCUT2D eigenvalue weighted by Crippen LogP contribution is 2.35. The molecule has 4 aromatic heterocycles. The maximum atomic E-state index is 6.19. The Morgan fingerprint density at radius 2 is 0.744 bits per heavy atom. The van der Waals surface area contributed by atoms with Gasteiger partial charge in [-0.1, -0.05) is 179 Å². The minimum absolute atomic E-state index is 0.0187. The number of nitrogens with zero attached hydrogens (tertiary/aromatic N) is 12. The monoisotopic (exact) mass is 1630 g/mol. The van der Waals surface area contributed by atoms with E-state index < -0.39 is 0 Å². The summed E-state index contributed by atoms with van der Waals surface area (Å²) in [4.78, 5) is 45.9. The lowest BCUT2D eigenvalue weighted by Crippen LogP contribution is -2.39. The summed E-state index contributed by atoms with van der Waals surface area (Å²) in [5, 5.41) is 16.3. The molecule has 0 bridgehead atoms. The summed E-state index contributed by atoms with van der Waals surface area (Å²) in [6.45, 7) is 23.1. The number of likely N-dealkylation sites (tertiary alicyclic amines) is 2. The standard InChI is InChI=1S/2C27H28ClN5.C24H22N4.C23H22N4/c2*28-23-10-9-22-19-31-26(29)24(25(22)18-23)11-6-20-4-7-21(8-5-20)27-30-12-15-33(27)17-16-32-13-2-1-3-14-32;1-15-2-6-19-13-26-23(25)20(21(19)12-15)11-5-16-3-7-18(8-4-16)24-27-14-22(28-24)17-9-10-17;1-15-4-8-18-13-25-21(24)19(20(18)12-15)11-7-16-5-9-17(10-6-16)22-26-14-23(2,3)27-22/h2*4-5,7-10,18-19H,1-3,12-17H2,(H2,29,31);2-4,6-8,12-13,17,22H,9-10,14H2,1H3,(H2,25,26)(H,27,28);4-6,8-10,12-13H,14H2,1-3H3,(H2,24,25)(H,26,27). The summed E-state index contributed by atoms with van der Waals surface area (Å²) < 4.78 is 0. The molecule has 3 fully saturated rings. The predicted octanol–water partition coefficient (Wildman–Crippen LogP) is 16.1. The molecule has 121 heavy (non-hydrogen) atoms. The number of aromatic nitrogens is 4. The number of fused-ring (bicyclic) bond motifs is 4. The molecule has 1 aliphatic carbocycles. The zero-order valence-electron chi connectivity index (χ0n) is 69.1. The zero-order valence-corrected chi connectivity index (χ0v) is 70.6. The number of hydrogen-bond acceptors (Lipinski definition) is 18. The van der Waals surface area contributed by atoms with E-state index in [1.54, 1.807) is 24.8 Å². The average Bonchev–Trinajstić information content (AvgIpc) is 1.80. The Kier molecular flexibility index (Phi) is 25.5. The van der Waals surface area contributed by atoms with Crippen molar-refractivity contribution in [3.8, 4) is 47.4 Å². The second-order valence-corrected chi connectivity index (χ2v) is 33.5. The smallest absolute Gasteiger partial charge is 0.139 e. The van der Waals surface area contributed by atoms with E-state index in [1.807, 2.05) is 103 Å². The SMILES string of the molecule is Cc1ccc2cnc(N)c(C#Cc3ccc(C4=NCC(C)(C)N4)cc3)c2c1.Cc1ccc2cnc(N)c(C#Cc3ccc(C4=NCC(C5CC5)N4)cc3)c2c1.Nc1ncc2ccc(Cl)cc2c1C#Cc1ccc(C2=NCCN2CCN2CCCCC2)cc1.Nc1ncc2ccc(Cl)cc2c1C#Cc1ccc(C2=NCCN2CCN2CCCCC2)cc1. The van der Waals surface area contributed by atoms with E-state index in [2.05, 4.69) is 202 Å². The van der Waals surface area contributed by atoms with Crippen LogP contribution in [0.3, 0.4) is 0 Å². The van der Waals surface area contributed by atoms with Crippen molar-refractivity contribution in [2.45, 2.75) is 90.6 Å². The van der Waals surface area contributed by atoms with Crippen LogP contribution in [0.4, 0.5) is 23.3 Å². The third kappa shape index (κ3) is 20.6. The number of aryl methyl sites for hydroxylation is 2. The van der Waals surface area contributed by atoms with E-state index in [0.29, 0.717) is 50.5 Å². The number of pyridine rings is 4. The number of piperidine rings is 2. The third-order valence-electron chi connectivity index (χ3n) is 23.0. The minimum atomic E-state index is 0.0187. The van der Waals surface area contributed by atoms with Gasteiger partial charge in [0.25, 0.3) is 0 Å².